The zero-order chi connectivity index (χ0) is 12.1. The zero-order valence-electron chi connectivity index (χ0n) is 10.1. The third-order valence-corrected chi connectivity index (χ3v) is 2.60. The van der Waals surface area contributed by atoms with Crippen molar-refractivity contribution in [3.8, 4) is 0 Å². The lowest BCUT2D eigenvalue weighted by Crippen LogP contribution is -1.91. The van der Waals surface area contributed by atoms with Crippen LogP contribution in [-0.2, 0) is 0 Å². The smallest absolute Gasteiger partial charge is 0.0107 e. The number of allylic oxidation sites excluding steroid dienone is 3. The van der Waals surface area contributed by atoms with E-state index in [1.54, 1.807) is 0 Å². The molecule has 0 amide bonds. The maximum absolute atomic E-state index is 3.87. The molecule has 0 radical (unpaired) electrons. The Kier molecular flexibility index (Phi) is 4.07. The molecule has 16 heavy (non-hydrogen) atoms. The van der Waals surface area contributed by atoms with E-state index < -0.39 is 0 Å². The molecule has 82 valence electrons. The summed E-state index contributed by atoms with van der Waals surface area (Å²) < 4.78 is 0. The minimum absolute atomic E-state index is 1.10. The average molecular weight is 210 g/mol. The van der Waals surface area contributed by atoms with Gasteiger partial charge in [-0.3, -0.25) is 0 Å². The molecule has 0 fully saturated rings. The molecule has 1 rings (SSSR count). The molecular weight excluding hydrogens is 192 g/mol. The van der Waals surface area contributed by atoms with E-state index in [0.717, 1.165) is 11.1 Å². The van der Waals surface area contributed by atoms with Crippen molar-refractivity contribution in [2.75, 3.05) is 0 Å². The lowest BCUT2D eigenvalue weighted by Gasteiger charge is -2.11. The zero-order valence-corrected chi connectivity index (χ0v) is 10.1. The maximum Gasteiger partial charge on any atom is -0.0107 e. The first-order valence-corrected chi connectivity index (χ1v) is 5.33. The SMILES string of the molecule is C=CC(=C(C)C)c1cccc(C=C)c1C=C. The first-order chi connectivity index (χ1) is 7.65. The topological polar surface area (TPSA) is 0 Å². The Bertz CT molecular complexity index is 455. The van der Waals surface area contributed by atoms with Crippen LogP contribution in [0.3, 0.4) is 0 Å². The first-order valence-electron chi connectivity index (χ1n) is 5.33. The van der Waals surface area contributed by atoms with Gasteiger partial charge in [-0.2, -0.15) is 0 Å². The molecule has 1 aromatic rings. The van der Waals surface area contributed by atoms with Crippen molar-refractivity contribution in [2.24, 2.45) is 0 Å². The van der Waals surface area contributed by atoms with E-state index in [2.05, 4.69) is 39.7 Å². The Hall–Kier alpha value is -1.82. The molecule has 0 nitrogen and oxygen atoms in total. The van der Waals surface area contributed by atoms with Crippen LogP contribution in [0.25, 0.3) is 17.7 Å². The minimum atomic E-state index is 1.10. The molecule has 0 N–H and O–H groups in total. The minimum Gasteiger partial charge on any atom is -0.0984 e. The van der Waals surface area contributed by atoms with E-state index in [1.165, 1.54) is 16.7 Å². The summed E-state index contributed by atoms with van der Waals surface area (Å²) in [6.07, 6.45) is 5.62. The highest BCUT2D eigenvalue weighted by atomic mass is 14.1. The molecular formula is C16H18. The lowest BCUT2D eigenvalue weighted by molar-refractivity contribution is 1.39. The summed E-state index contributed by atoms with van der Waals surface area (Å²) in [4.78, 5) is 0. The highest BCUT2D eigenvalue weighted by molar-refractivity contribution is 5.84. The van der Waals surface area contributed by atoms with Crippen LogP contribution < -0.4 is 0 Å². The van der Waals surface area contributed by atoms with E-state index in [1.807, 2.05) is 30.4 Å². The molecule has 0 unspecified atom stereocenters. The van der Waals surface area contributed by atoms with Gasteiger partial charge in [0.15, 0.2) is 0 Å². The molecule has 0 bridgehead atoms. The summed E-state index contributed by atoms with van der Waals surface area (Å²) in [5.74, 6) is 0. The van der Waals surface area contributed by atoms with Crippen LogP contribution in [0.2, 0.25) is 0 Å². The molecule has 0 spiro atoms. The second-order valence-corrected chi connectivity index (χ2v) is 3.83. The molecule has 0 aliphatic rings. The monoisotopic (exact) mass is 210 g/mol. The van der Waals surface area contributed by atoms with Gasteiger partial charge in [0.2, 0.25) is 0 Å². The molecule has 0 aliphatic heterocycles. The first kappa shape index (κ1) is 12.3. The Balaban J connectivity index is 3.56. The van der Waals surface area contributed by atoms with Crippen molar-refractivity contribution < 1.29 is 0 Å². The van der Waals surface area contributed by atoms with Crippen LogP contribution in [0, 0.1) is 0 Å². The number of hydrogen-bond acceptors (Lipinski definition) is 0. The van der Waals surface area contributed by atoms with Crippen molar-refractivity contribution in [3.63, 3.8) is 0 Å². The van der Waals surface area contributed by atoms with Crippen molar-refractivity contribution in [3.05, 3.63) is 66.3 Å². The summed E-state index contributed by atoms with van der Waals surface area (Å²) >= 11 is 0. The van der Waals surface area contributed by atoms with Gasteiger partial charge in [-0.05, 0) is 36.1 Å². The van der Waals surface area contributed by atoms with Gasteiger partial charge in [-0.1, -0.05) is 61.7 Å². The van der Waals surface area contributed by atoms with E-state index in [0.29, 0.717) is 0 Å². The summed E-state index contributed by atoms with van der Waals surface area (Å²) in [6.45, 7) is 15.7. The van der Waals surface area contributed by atoms with Gasteiger partial charge in [0.05, 0.1) is 0 Å². The summed E-state index contributed by atoms with van der Waals surface area (Å²) in [5.41, 5.74) is 5.81. The van der Waals surface area contributed by atoms with Crippen LogP contribution in [0.15, 0.2) is 49.6 Å². The second kappa shape index (κ2) is 5.32. The quantitative estimate of drug-likeness (QED) is 0.617. The lowest BCUT2D eigenvalue weighted by atomic mass is 9.93. The molecule has 0 saturated carbocycles. The highest BCUT2D eigenvalue weighted by Crippen LogP contribution is 2.27. The fraction of sp³-hybridized carbons (Fsp3) is 0.125. The fourth-order valence-corrected chi connectivity index (χ4v) is 1.81. The van der Waals surface area contributed by atoms with Gasteiger partial charge in [0.25, 0.3) is 0 Å². The number of rotatable bonds is 4. The number of hydrogen-bond donors (Lipinski definition) is 0. The molecule has 1 aromatic carbocycles. The molecule has 0 aromatic heterocycles. The largest absolute Gasteiger partial charge is 0.0984 e. The summed E-state index contributed by atoms with van der Waals surface area (Å²) in [5, 5.41) is 0. The summed E-state index contributed by atoms with van der Waals surface area (Å²) in [6, 6.07) is 6.17. The molecule has 0 saturated heterocycles. The molecule has 0 aliphatic carbocycles. The maximum atomic E-state index is 3.87. The highest BCUT2D eigenvalue weighted by Gasteiger charge is 2.06. The van der Waals surface area contributed by atoms with Gasteiger partial charge in [0.1, 0.15) is 0 Å². The third-order valence-electron chi connectivity index (χ3n) is 2.60. The van der Waals surface area contributed by atoms with Gasteiger partial charge in [0, 0.05) is 0 Å². The van der Waals surface area contributed by atoms with Crippen molar-refractivity contribution in [1.82, 2.24) is 0 Å². The number of benzene rings is 1. The van der Waals surface area contributed by atoms with E-state index in [4.69, 9.17) is 0 Å². The molecule has 0 atom stereocenters. The third kappa shape index (κ3) is 2.22. The van der Waals surface area contributed by atoms with Crippen molar-refractivity contribution in [2.45, 2.75) is 13.8 Å². The van der Waals surface area contributed by atoms with Gasteiger partial charge < -0.3 is 0 Å². The average Bonchev–Trinajstić information content (AvgIpc) is 2.29. The Labute approximate surface area is 98.3 Å². The normalized spacial score (nSPS) is 9.38. The van der Waals surface area contributed by atoms with Gasteiger partial charge in [-0.15, -0.1) is 0 Å². The second-order valence-electron chi connectivity index (χ2n) is 3.83. The standard InChI is InChI=1S/C16H18/c1-6-13-10-9-11-16(15(13)8-3)14(7-2)12(4)5/h6-11H,1-3H2,4-5H3. The van der Waals surface area contributed by atoms with Crippen molar-refractivity contribution in [1.29, 1.82) is 0 Å². The van der Waals surface area contributed by atoms with Gasteiger partial charge in [-0.25, -0.2) is 0 Å². The van der Waals surface area contributed by atoms with Crippen LogP contribution in [0.1, 0.15) is 30.5 Å². The molecule has 0 heteroatoms. The Morgan fingerprint density at radius 2 is 1.75 bits per heavy atom. The van der Waals surface area contributed by atoms with Crippen LogP contribution in [0.4, 0.5) is 0 Å². The molecule has 0 heterocycles. The predicted octanol–water partition coefficient (Wildman–Crippen LogP) is 4.95. The van der Waals surface area contributed by atoms with Crippen LogP contribution in [0.5, 0.6) is 0 Å². The van der Waals surface area contributed by atoms with E-state index in [-0.39, 0.29) is 0 Å². The Morgan fingerprint density at radius 3 is 2.19 bits per heavy atom. The van der Waals surface area contributed by atoms with Gasteiger partial charge >= 0.3 is 0 Å². The Morgan fingerprint density at radius 1 is 1.06 bits per heavy atom. The van der Waals surface area contributed by atoms with Crippen LogP contribution in [-0.4, -0.2) is 0 Å². The van der Waals surface area contributed by atoms with Crippen LogP contribution >= 0.6 is 0 Å². The van der Waals surface area contributed by atoms with E-state index >= 15 is 0 Å². The summed E-state index contributed by atoms with van der Waals surface area (Å²) in [7, 11) is 0. The predicted molar refractivity (Wildman–Crippen MR) is 75.1 cm³/mol. The van der Waals surface area contributed by atoms with E-state index in [9.17, 15) is 0 Å². The fourth-order valence-electron chi connectivity index (χ4n) is 1.81. The van der Waals surface area contributed by atoms with Crippen molar-refractivity contribution >= 4 is 17.7 Å².